The van der Waals surface area contributed by atoms with Crippen molar-refractivity contribution in [1.82, 2.24) is 16.0 Å². The number of anilines is 1. The number of urea groups is 1. The van der Waals surface area contributed by atoms with Crippen molar-refractivity contribution in [2.24, 2.45) is 0 Å². The number of halogens is 2. The van der Waals surface area contributed by atoms with Crippen LogP contribution in [-0.2, 0) is 6.42 Å². The van der Waals surface area contributed by atoms with Crippen molar-refractivity contribution < 1.29 is 14.0 Å². The normalized spacial score (nSPS) is 18.1. The van der Waals surface area contributed by atoms with Crippen LogP contribution >= 0.6 is 12.4 Å². The van der Waals surface area contributed by atoms with Crippen LogP contribution < -0.4 is 20.9 Å². The lowest BCUT2D eigenvalue weighted by Gasteiger charge is -2.27. The van der Waals surface area contributed by atoms with E-state index in [1.807, 2.05) is 18.2 Å². The van der Waals surface area contributed by atoms with Gasteiger partial charge in [0.2, 0.25) is 0 Å². The van der Waals surface area contributed by atoms with Gasteiger partial charge < -0.3 is 16.0 Å². The highest BCUT2D eigenvalue weighted by Crippen LogP contribution is 2.23. The quantitative estimate of drug-likeness (QED) is 0.732. The monoisotopic (exact) mass is 404 g/mol. The summed E-state index contributed by atoms with van der Waals surface area (Å²) in [5.41, 5.74) is 2.88. The zero-order valence-corrected chi connectivity index (χ0v) is 16.0. The molecule has 0 saturated carbocycles. The Morgan fingerprint density at radius 2 is 2.04 bits per heavy atom. The van der Waals surface area contributed by atoms with Crippen LogP contribution in [0.25, 0.3) is 0 Å². The molecule has 1 atom stereocenters. The Kier molecular flexibility index (Phi) is 6.16. The predicted molar refractivity (Wildman–Crippen MR) is 108 cm³/mol. The maximum Gasteiger partial charge on any atom is 0.321 e. The van der Waals surface area contributed by atoms with E-state index >= 15 is 0 Å². The van der Waals surface area contributed by atoms with Crippen molar-refractivity contribution in [2.45, 2.75) is 12.5 Å². The summed E-state index contributed by atoms with van der Waals surface area (Å²) in [6.07, 6.45) is 0.954. The van der Waals surface area contributed by atoms with Gasteiger partial charge in [-0.2, -0.15) is 0 Å². The molecule has 28 heavy (non-hydrogen) atoms. The SMILES string of the molecule is Cl.O=C(NCC1NCCc2ccccc21)c1cc(N2CCNC2=O)ccc1F. The standard InChI is InChI=1S/C20H21FN4O2.ClH/c21-17-6-5-14(25-10-9-23-20(25)27)11-16(17)19(26)24-12-18-15-4-2-1-3-13(15)7-8-22-18;/h1-6,11,18,22H,7-10,12H2,(H,23,27)(H,24,26);1H. The number of amides is 3. The molecular weight excluding hydrogens is 383 g/mol. The minimum atomic E-state index is -0.604. The Morgan fingerprint density at radius 1 is 1.21 bits per heavy atom. The molecule has 1 fully saturated rings. The number of nitrogens with zero attached hydrogens (tertiary/aromatic N) is 1. The molecule has 1 saturated heterocycles. The van der Waals surface area contributed by atoms with E-state index in [4.69, 9.17) is 0 Å². The number of fused-ring (bicyclic) bond motifs is 1. The maximum atomic E-state index is 14.2. The van der Waals surface area contributed by atoms with Crippen LogP contribution in [0.1, 0.15) is 27.5 Å². The summed E-state index contributed by atoms with van der Waals surface area (Å²) in [7, 11) is 0. The molecule has 0 aromatic heterocycles. The Bertz CT molecular complexity index is 892. The highest BCUT2D eigenvalue weighted by atomic mass is 35.5. The van der Waals surface area contributed by atoms with E-state index in [0.717, 1.165) is 18.5 Å². The van der Waals surface area contributed by atoms with E-state index in [2.05, 4.69) is 22.0 Å². The average Bonchev–Trinajstić information content (AvgIpc) is 3.12. The molecule has 4 rings (SSSR count). The second-order valence-electron chi connectivity index (χ2n) is 6.71. The summed E-state index contributed by atoms with van der Waals surface area (Å²) in [5, 5.41) is 8.90. The fourth-order valence-electron chi connectivity index (χ4n) is 3.64. The number of hydrogen-bond donors (Lipinski definition) is 3. The first-order valence-electron chi connectivity index (χ1n) is 9.08. The Morgan fingerprint density at radius 3 is 2.82 bits per heavy atom. The zero-order valence-electron chi connectivity index (χ0n) is 15.2. The topological polar surface area (TPSA) is 73.5 Å². The van der Waals surface area contributed by atoms with Gasteiger partial charge in [-0.1, -0.05) is 24.3 Å². The smallest absolute Gasteiger partial charge is 0.321 e. The van der Waals surface area contributed by atoms with Crippen molar-refractivity contribution in [1.29, 1.82) is 0 Å². The second kappa shape index (κ2) is 8.58. The first kappa shape index (κ1) is 20.1. The molecule has 2 aliphatic heterocycles. The lowest BCUT2D eigenvalue weighted by atomic mass is 9.94. The van der Waals surface area contributed by atoms with Gasteiger partial charge in [-0.25, -0.2) is 9.18 Å². The van der Waals surface area contributed by atoms with E-state index in [0.29, 0.717) is 25.3 Å². The van der Waals surface area contributed by atoms with E-state index < -0.39 is 11.7 Å². The van der Waals surface area contributed by atoms with Gasteiger partial charge in [-0.05, 0) is 42.3 Å². The molecule has 1 unspecified atom stereocenters. The van der Waals surface area contributed by atoms with Gasteiger partial charge in [0, 0.05) is 31.4 Å². The molecule has 0 radical (unpaired) electrons. The van der Waals surface area contributed by atoms with Crippen LogP contribution in [0.3, 0.4) is 0 Å². The van der Waals surface area contributed by atoms with Crippen molar-refractivity contribution in [3.05, 3.63) is 65.0 Å². The molecule has 8 heteroatoms. The minimum absolute atomic E-state index is 0. The van der Waals surface area contributed by atoms with E-state index in [1.54, 1.807) is 0 Å². The predicted octanol–water partition coefficient (Wildman–Crippen LogP) is 2.39. The first-order chi connectivity index (χ1) is 13.1. The lowest BCUT2D eigenvalue weighted by molar-refractivity contribution is 0.0945. The summed E-state index contributed by atoms with van der Waals surface area (Å²) in [6, 6.07) is 12.0. The molecule has 0 bridgehead atoms. The molecule has 6 nitrogen and oxygen atoms in total. The van der Waals surface area contributed by atoms with Crippen LogP contribution in [0.5, 0.6) is 0 Å². The zero-order chi connectivity index (χ0) is 18.8. The number of hydrogen-bond acceptors (Lipinski definition) is 3. The maximum absolute atomic E-state index is 14.2. The lowest BCUT2D eigenvalue weighted by Crippen LogP contribution is -2.39. The number of carbonyl (C=O) groups excluding carboxylic acids is 2. The fraction of sp³-hybridized carbons (Fsp3) is 0.300. The van der Waals surface area contributed by atoms with Crippen LogP contribution in [0.4, 0.5) is 14.9 Å². The van der Waals surface area contributed by atoms with Crippen molar-refractivity contribution in [2.75, 3.05) is 31.1 Å². The van der Waals surface area contributed by atoms with Crippen LogP contribution in [-0.4, -0.2) is 38.1 Å². The van der Waals surface area contributed by atoms with Crippen LogP contribution in [0.2, 0.25) is 0 Å². The summed E-state index contributed by atoms with van der Waals surface area (Å²) < 4.78 is 14.2. The van der Waals surface area contributed by atoms with Gasteiger partial charge in [0.05, 0.1) is 5.56 Å². The van der Waals surface area contributed by atoms with Crippen molar-refractivity contribution >= 4 is 30.0 Å². The second-order valence-corrected chi connectivity index (χ2v) is 6.71. The Hall–Kier alpha value is -2.64. The summed E-state index contributed by atoms with van der Waals surface area (Å²) in [4.78, 5) is 25.9. The average molecular weight is 405 g/mol. The van der Waals surface area contributed by atoms with Crippen molar-refractivity contribution in [3.8, 4) is 0 Å². The molecule has 3 amide bonds. The molecule has 2 heterocycles. The van der Waals surface area contributed by atoms with E-state index in [-0.39, 0.29) is 30.0 Å². The Labute approximate surface area is 168 Å². The molecule has 3 N–H and O–H groups in total. The largest absolute Gasteiger partial charge is 0.350 e. The third kappa shape index (κ3) is 3.95. The van der Waals surface area contributed by atoms with Crippen LogP contribution in [0, 0.1) is 5.82 Å². The van der Waals surface area contributed by atoms with Gasteiger partial charge in [-0.15, -0.1) is 12.4 Å². The highest BCUT2D eigenvalue weighted by molar-refractivity contribution is 5.98. The number of benzene rings is 2. The van der Waals surface area contributed by atoms with Gasteiger partial charge in [0.15, 0.2) is 0 Å². The molecular formula is C20H22ClFN4O2. The first-order valence-corrected chi connectivity index (χ1v) is 9.08. The minimum Gasteiger partial charge on any atom is -0.350 e. The van der Waals surface area contributed by atoms with E-state index in [9.17, 15) is 14.0 Å². The molecule has 2 aromatic rings. The van der Waals surface area contributed by atoms with Crippen molar-refractivity contribution in [3.63, 3.8) is 0 Å². The highest BCUT2D eigenvalue weighted by Gasteiger charge is 2.24. The van der Waals surface area contributed by atoms with Crippen LogP contribution in [0.15, 0.2) is 42.5 Å². The van der Waals surface area contributed by atoms with Gasteiger partial charge in [0.1, 0.15) is 5.82 Å². The summed E-state index contributed by atoms with van der Waals surface area (Å²) in [5.74, 6) is -1.09. The number of carbonyl (C=O) groups is 2. The Balaban J connectivity index is 0.00000225. The molecule has 2 aliphatic rings. The van der Waals surface area contributed by atoms with E-state index in [1.165, 1.54) is 28.7 Å². The molecule has 2 aromatic carbocycles. The van der Waals surface area contributed by atoms with Gasteiger partial charge >= 0.3 is 6.03 Å². The molecule has 0 spiro atoms. The number of nitrogens with one attached hydrogen (secondary N) is 3. The van der Waals surface area contributed by atoms with Gasteiger partial charge in [-0.3, -0.25) is 9.69 Å². The molecule has 148 valence electrons. The third-order valence-electron chi connectivity index (χ3n) is 5.05. The van der Waals surface area contributed by atoms with Gasteiger partial charge in [0.25, 0.3) is 5.91 Å². The fourth-order valence-corrected chi connectivity index (χ4v) is 3.64. The number of rotatable bonds is 4. The summed E-state index contributed by atoms with van der Waals surface area (Å²) >= 11 is 0. The third-order valence-corrected chi connectivity index (χ3v) is 5.05. The molecule has 0 aliphatic carbocycles. The summed E-state index contributed by atoms with van der Waals surface area (Å²) in [6.45, 7) is 2.23.